The van der Waals surface area contributed by atoms with Crippen molar-refractivity contribution in [3.05, 3.63) is 65.2 Å². The third-order valence-corrected chi connectivity index (χ3v) is 6.61. The zero-order valence-electron chi connectivity index (χ0n) is 20.2. The first-order valence-electron chi connectivity index (χ1n) is 11.2. The maximum Gasteiger partial charge on any atom is 0.244 e. The van der Waals surface area contributed by atoms with Crippen LogP contribution >= 0.6 is 0 Å². The lowest BCUT2D eigenvalue weighted by Crippen LogP contribution is -2.51. The second kappa shape index (κ2) is 11.8. The van der Waals surface area contributed by atoms with E-state index in [-0.39, 0.29) is 19.0 Å². The van der Waals surface area contributed by atoms with Crippen LogP contribution in [0.1, 0.15) is 43.4 Å². The third kappa shape index (κ3) is 7.89. The fourth-order valence-corrected chi connectivity index (χ4v) is 4.18. The number of nitrogens with one attached hydrogen (secondary N) is 1. The van der Waals surface area contributed by atoms with Gasteiger partial charge >= 0.3 is 0 Å². The number of unbranched alkanes of at least 4 members (excludes halogenated alkanes) is 1. The highest BCUT2D eigenvalue weighted by atomic mass is 32.2. The normalized spacial score (nSPS) is 12.2. The minimum atomic E-state index is -3.72. The van der Waals surface area contributed by atoms with Gasteiger partial charge < -0.3 is 10.2 Å². The van der Waals surface area contributed by atoms with Crippen LogP contribution in [0.3, 0.4) is 0 Å². The number of carbonyl (C=O) groups is 2. The summed E-state index contributed by atoms with van der Waals surface area (Å²) in [7, 11) is -3.72. The predicted octanol–water partition coefficient (Wildman–Crippen LogP) is 3.40. The Morgan fingerprint density at radius 1 is 0.970 bits per heavy atom. The second-order valence-corrected chi connectivity index (χ2v) is 10.3. The summed E-state index contributed by atoms with van der Waals surface area (Å²) in [5.74, 6) is -0.704. The van der Waals surface area contributed by atoms with E-state index in [1.54, 1.807) is 31.2 Å². The van der Waals surface area contributed by atoms with Crippen LogP contribution < -0.4 is 9.62 Å². The number of benzene rings is 2. The van der Waals surface area contributed by atoms with Crippen LogP contribution in [-0.4, -0.2) is 50.5 Å². The van der Waals surface area contributed by atoms with E-state index in [4.69, 9.17) is 0 Å². The number of carbonyl (C=O) groups excluding carboxylic acids is 2. The van der Waals surface area contributed by atoms with E-state index in [2.05, 4.69) is 5.32 Å². The maximum absolute atomic E-state index is 13.4. The number of aryl methyl sites for hydroxylation is 2. The van der Waals surface area contributed by atoms with Gasteiger partial charge in [-0.1, -0.05) is 60.9 Å². The van der Waals surface area contributed by atoms with Gasteiger partial charge in [-0.25, -0.2) is 8.42 Å². The van der Waals surface area contributed by atoms with Crippen LogP contribution in [0.4, 0.5) is 5.69 Å². The van der Waals surface area contributed by atoms with Crippen molar-refractivity contribution in [1.82, 2.24) is 10.2 Å². The third-order valence-electron chi connectivity index (χ3n) is 5.47. The molecular formula is C25H35N3O4S. The van der Waals surface area contributed by atoms with Gasteiger partial charge in [0.05, 0.1) is 11.9 Å². The van der Waals surface area contributed by atoms with Gasteiger partial charge in [-0.05, 0) is 44.9 Å². The highest BCUT2D eigenvalue weighted by Crippen LogP contribution is 2.19. The first-order valence-corrected chi connectivity index (χ1v) is 13.0. The van der Waals surface area contributed by atoms with Gasteiger partial charge in [-0.2, -0.15) is 0 Å². The Morgan fingerprint density at radius 3 is 2.03 bits per heavy atom. The molecule has 0 radical (unpaired) electrons. The standard InChI is InChI=1S/C25H35N3O4S/c1-6-7-16-26-25(30)21(4)27(17-22-12-8-19(2)9-13-22)24(29)18-28(33(5,31)32)23-14-10-20(3)11-15-23/h8-15,21H,6-7,16-18H2,1-5H3,(H,26,30). The van der Waals surface area contributed by atoms with E-state index in [0.717, 1.165) is 40.1 Å². The molecule has 0 bridgehead atoms. The van der Waals surface area contributed by atoms with Crippen molar-refractivity contribution in [3.8, 4) is 0 Å². The number of hydrogen-bond donors (Lipinski definition) is 1. The Kier molecular flexibility index (Phi) is 9.46. The predicted molar refractivity (Wildman–Crippen MR) is 132 cm³/mol. The average Bonchev–Trinajstić information content (AvgIpc) is 2.76. The molecule has 7 nitrogen and oxygen atoms in total. The highest BCUT2D eigenvalue weighted by Gasteiger charge is 2.29. The van der Waals surface area contributed by atoms with Gasteiger partial charge in [0.25, 0.3) is 0 Å². The molecule has 1 unspecified atom stereocenters. The lowest BCUT2D eigenvalue weighted by atomic mass is 10.1. The summed E-state index contributed by atoms with van der Waals surface area (Å²) in [4.78, 5) is 27.6. The van der Waals surface area contributed by atoms with Crippen molar-refractivity contribution < 1.29 is 18.0 Å². The zero-order valence-corrected chi connectivity index (χ0v) is 21.0. The summed E-state index contributed by atoms with van der Waals surface area (Å²) in [5, 5.41) is 2.87. The quantitative estimate of drug-likeness (QED) is 0.507. The van der Waals surface area contributed by atoms with Crippen LogP contribution in [0.5, 0.6) is 0 Å². The number of sulfonamides is 1. The van der Waals surface area contributed by atoms with Crippen molar-refractivity contribution in [3.63, 3.8) is 0 Å². The number of rotatable bonds is 11. The molecule has 2 aromatic rings. The molecule has 1 N–H and O–H groups in total. The van der Waals surface area contributed by atoms with Crippen molar-refractivity contribution in [2.24, 2.45) is 0 Å². The first kappa shape index (κ1) is 26.4. The Balaban J connectivity index is 2.32. The van der Waals surface area contributed by atoms with Gasteiger partial charge in [-0.15, -0.1) is 0 Å². The Bertz CT molecular complexity index is 1030. The molecule has 0 aliphatic rings. The van der Waals surface area contributed by atoms with E-state index < -0.39 is 22.0 Å². The molecule has 0 aromatic heterocycles. The summed E-state index contributed by atoms with van der Waals surface area (Å²) in [6.45, 7) is 7.93. The molecule has 180 valence electrons. The van der Waals surface area contributed by atoms with E-state index >= 15 is 0 Å². The molecule has 0 saturated heterocycles. The molecule has 8 heteroatoms. The Hall–Kier alpha value is -2.87. The van der Waals surface area contributed by atoms with Crippen LogP contribution in [0.15, 0.2) is 48.5 Å². The molecular weight excluding hydrogens is 438 g/mol. The van der Waals surface area contributed by atoms with Crippen molar-refractivity contribution in [2.75, 3.05) is 23.7 Å². The molecule has 2 rings (SSSR count). The lowest BCUT2D eigenvalue weighted by molar-refractivity contribution is -0.139. The van der Waals surface area contributed by atoms with Crippen LogP contribution in [-0.2, 0) is 26.2 Å². The molecule has 1 atom stereocenters. The molecule has 33 heavy (non-hydrogen) atoms. The van der Waals surface area contributed by atoms with Crippen molar-refractivity contribution in [1.29, 1.82) is 0 Å². The van der Waals surface area contributed by atoms with Gasteiger partial charge in [0.1, 0.15) is 12.6 Å². The number of anilines is 1. The van der Waals surface area contributed by atoms with Crippen LogP contribution in [0.25, 0.3) is 0 Å². The summed E-state index contributed by atoms with van der Waals surface area (Å²) in [6.07, 6.45) is 2.87. The fraction of sp³-hybridized carbons (Fsp3) is 0.440. The SMILES string of the molecule is CCCCNC(=O)C(C)N(Cc1ccc(C)cc1)C(=O)CN(c1ccc(C)cc1)S(C)(=O)=O. The minimum absolute atomic E-state index is 0.201. The molecule has 0 fully saturated rings. The summed E-state index contributed by atoms with van der Waals surface area (Å²) >= 11 is 0. The maximum atomic E-state index is 13.4. The number of amides is 2. The minimum Gasteiger partial charge on any atom is -0.354 e. The summed E-state index contributed by atoms with van der Waals surface area (Å²) in [6, 6.07) is 13.9. The molecule has 0 saturated carbocycles. The highest BCUT2D eigenvalue weighted by molar-refractivity contribution is 7.92. The molecule has 2 amide bonds. The first-order chi connectivity index (χ1) is 15.5. The molecule has 0 aliphatic carbocycles. The summed E-state index contributed by atoms with van der Waals surface area (Å²) in [5.41, 5.74) is 3.34. The summed E-state index contributed by atoms with van der Waals surface area (Å²) < 4.78 is 26.1. The molecule has 0 spiro atoms. The fourth-order valence-electron chi connectivity index (χ4n) is 3.33. The Morgan fingerprint density at radius 2 is 1.52 bits per heavy atom. The number of hydrogen-bond acceptors (Lipinski definition) is 4. The molecule has 2 aromatic carbocycles. The van der Waals surface area contributed by atoms with E-state index in [0.29, 0.717) is 12.2 Å². The number of nitrogens with zero attached hydrogens (tertiary/aromatic N) is 2. The van der Waals surface area contributed by atoms with Crippen molar-refractivity contribution in [2.45, 2.75) is 53.1 Å². The van der Waals surface area contributed by atoms with Crippen molar-refractivity contribution >= 4 is 27.5 Å². The van der Waals surface area contributed by atoms with Gasteiger partial charge in [-0.3, -0.25) is 13.9 Å². The largest absolute Gasteiger partial charge is 0.354 e. The van der Waals surface area contributed by atoms with Gasteiger partial charge in [0.15, 0.2) is 0 Å². The van der Waals surface area contributed by atoms with Gasteiger partial charge in [0.2, 0.25) is 21.8 Å². The van der Waals surface area contributed by atoms with E-state index in [9.17, 15) is 18.0 Å². The van der Waals surface area contributed by atoms with Crippen LogP contribution in [0.2, 0.25) is 0 Å². The Labute approximate surface area is 197 Å². The average molecular weight is 474 g/mol. The van der Waals surface area contributed by atoms with E-state index in [1.807, 2.05) is 45.0 Å². The van der Waals surface area contributed by atoms with E-state index in [1.165, 1.54) is 4.90 Å². The molecule has 0 aliphatic heterocycles. The topological polar surface area (TPSA) is 86.8 Å². The van der Waals surface area contributed by atoms with Crippen LogP contribution in [0, 0.1) is 13.8 Å². The molecule has 0 heterocycles. The van der Waals surface area contributed by atoms with Gasteiger partial charge in [0, 0.05) is 13.1 Å². The zero-order chi connectivity index (χ0) is 24.6. The smallest absolute Gasteiger partial charge is 0.244 e. The second-order valence-electron chi connectivity index (χ2n) is 8.43. The monoisotopic (exact) mass is 473 g/mol. The lowest BCUT2D eigenvalue weighted by Gasteiger charge is -2.31.